The molecule has 0 aromatic carbocycles. The van der Waals surface area contributed by atoms with Crippen molar-refractivity contribution in [1.29, 1.82) is 0 Å². The van der Waals surface area contributed by atoms with Crippen LogP contribution in [0.1, 0.15) is 18.3 Å². The van der Waals surface area contributed by atoms with Gasteiger partial charge in [-0.2, -0.15) is 5.10 Å². The highest BCUT2D eigenvalue weighted by Crippen LogP contribution is 2.21. The average Bonchev–Trinajstić information content (AvgIpc) is 2.66. The van der Waals surface area contributed by atoms with Crippen molar-refractivity contribution in [2.45, 2.75) is 26.9 Å². The first kappa shape index (κ1) is 16.6. The first-order chi connectivity index (χ1) is 9.10. The molecule has 1 heterocycles. The third kappa shape index (κ3) is 5.22. The van der Waals surface area contributed by atoms with Gasteiger partial charge in [0.2, 0.25) is 0 Å². The highest BCUT2D eigenvalue weighted by Gasteiger charge is 2.13. The molecule has 0 amide bonds. The van der Waals surface area contributed by atoms with Crippen LogP contribution in [0.15, 0.2) is 4.47 Å². The maximum Gasteiger partial charge on any atom is 0.0739 e. The molecule has 110 valence electrons. The van der Waals surface area contributed by atoms with Crippen molar-refractivity contribution < 1.29 is 4.74 Å². The number of rotatable bonds is 9. The molecule has 0 aliphatic heterocycles. The number of likely N-dealkylation sites (N-methyl/N-ethyl adjacent to an activating group) is 1. The molecule has 0 unspecified atom stereocenters. The summed E-state index contributed by atoms with van der Waals surface area (Å²) in [6.45, 7) is 9.60. The standard InChI is InChI=1S/C13H25BrN4O/c1-5-18-12(13(14)11(2)16-18)10-17(3)8-6-15-7-9-19-4/h15H,5-10H2,1-4H3. The van der Waals surface area contributed by atoms with E-state index in [1.165, 1.54) is 5.69 Å². The molecule has 19 heavy (non-hydrogen) atoms. The highest BCUT2D eigenvalue weighted by molar-refractivity contribution is 9.10. The van der Waals surface area contributed by atoms with Crippen LogP contribution in [0.5, 0.6) is 0 Å². The predicted molar refractivity (Wildman–Crippen MR) is 81.4 cm³/mol. The van der Waals surface area contributed by atoms with Crippen LogP contribution in [0, 0.1) is 6.92 Å². The topological polar surface area (TPSA) is 42.3 Å². The van der Waals surface area contributed by atoms with Crippen LogP contribution in [0.4, 0.5) is 0 Å². The van der Waals surface area contributed by atoms with Gasteiger partial charge in [0.1, 0.15) is 0 Å². The fourth-order valence-corrected chi connectivity index (χ4v) is 2.33. The molecule has 0 radical (unpaired) electrons. The van der Waals surface area contributed by atoms with Gasteiger partial charge in [0.05, 0.1) is 22.5 Å². The Morgan fingerprint density at radius 3 is 2.79 bits per heavy atom. The maximum absolute atomic E-state index is 5.00. The minimum absolute atomic E-state index is 0.761. The Morgan fingerprint density at radius 1 is 1.42 bits per heavy atom. The van der Waals surface area contributed by atoms with Gasteiger partial charge in [-0.05, 0) is 36.8 Å². The van der Waals surface area contributed by atoms with Crippen molar-refractivity contribution in [3.8, 4) is 0 Å². The Kier molecular flexibility index (Phi) is 7.60. The Balaban J connectivity index is 2.41. The summed E-state index contributed by atoms with van der Waals surface area (Å²) in [7, 11) is 3.85. The van der Waals surface area contributed by atoms with Gasteiger partial charge in [0, 0.05) is 39.8 Å². The van der Waals surface area contributed by atoms with E-state index in [-0.39, 0.29) is 0 Å². The second-order valence-electron chi connectivity index (χ2n) is 4.64. The van der Waals surface area contributed by atoms with E-state index in [9.17, 15) is 0 Å². The molecular weight excluding hydrogens is 308 g/mol. The SMILES string of the molecule is CCn1nc(C)c(Br)c1CN(C)CCNCCOC. The average molecular weight is 333 g/mol. The molecule has 1 N–H and O–H groups in total. The fraction of sp³-hybridized carbons (Fsp3) is 0.769. The number of ether oxygens (including phenoxy) is 1. The van der Waals surface area contributed by atoms with Crippen LogP contribution in [0.2, 0.25) is 0 Å². The number of hydrogen-bond donors (Lipinski definition) is 1. The summed E-state index contributed by atoms with van der Waals surface area (Å²) in [5.74, 6) is 0. The quantitative estimate of drug-likeness (QED) is 0.698. The molecular formula is C13H25BrN4O. The van der Waals surface area contributed by atoms with E-state index in [4.69, 9.17) is 4.74 Å². The lowest BCUT2D eigenvalue weighted by molar-refractivity contribution is 0.197. The molecule has 6 heteroatoms. The zero-order valence-corrected chi connectivity index (χ0v) is 14.0. The van der Waals surface area contributed by atoms with E-state index in [0.29, 0.717) is 0 Å². The van der Waals surface area contributed by atoms with Crippen LogP contribution in [0.25, 0.3) is 0 Å². The maximum atomic E-state index is 5.00. The normalized spacial score (nSPS) is 11.5. The van der Waals surface area contributed by atoms with Gasteiger partial charge in [0.15, 0.2) is 0 Å². The molecule has 1 rings (SSSR count). The molecule has 5 nitrogen and oxygen atoms in total. The van der Waals surface area contributed by atoms with E-state index in [1.807, 2.05) is 6.92 Å². The van der Waals surface area contributed by atoms with Gasteiger partial charge in [-0.25, -0.2) is 0 Å². The fourth-order valence-electron chi connectivity index (χ4n) is 1.92. The van der Waals surface area contributed by atoms with Gasteiger partial charge < -0.3 is 10.1 Å². The van der Waals surface area contributed by atoms with Crippen molar-refractivity contribution in [3.05, 3.63) is 15.9 Å². The molecule has 0 fully saturated rings. The zero-order valence-electron chi connectivity index (χ0n) is 12.4. The Labute approximate surface area is 124 Å². The highest BCUT2D eigenvalue weighted by atomic mass is 79.9. The van der Waals surface area contributed by atoms with Gasteiger partial charge in [0.25, 0.3) is 0 Å². The number of methoxy groups -OCH3 is 1. The second kappa shape index (κ2) is 8.68. The smallest absolute Gasteiger partial charge is 0.0739 e. The number of aryl methyl sites for hydroxylation is 2. The van der Waals surface area contributed by atoms with Crippen LogP contribution in [-0.4, -0.2) is 55.1 Å². The van der Waals surface area contributed by atoms with Gasteiger partial charge >= 0.3 is 0 Å². The van der Waals surface area contributed by atoms with Crippen LogP contribution in [0.3, 0.4) is 0 Å². The van der Waals surface area contributed by atoms with Crippen molar-refractivity contribution in [1.82, 2.24) is 20.0 Å². The third-order valence-corrected chi connectivity index (χ3v) is 4.06. The van der Waals surface area contributed by atoms with Crippen LogP contribution >= 0.6 is 15.9 Å². The van der Waals surface area contributed by atoms with Crippen molar-refractivity contribution >= 4 is 15.9 Å². The lowest BCUT2D eigenvalue weighted by atomic mass is 10.3. The Bertz CT molecular complexity index is 381. The van der Waals surface area contributed by atoms with Crippen molar-refractivity contribution in [2.75, 3.05) is 40.4 Å². The first-order valence-corrected chi connectivity index (χ1v) is 7.49. The lowest BCUT2D eigenvalue weighted by Crippen LogP contribution is -2.31. The Hall–Kier alpha value is -0.430. The molecule has 1 aromatic rings. The van der Waals surface area contributed by atoms with Gasteiger partial charge in [-0.1, -0.05) is 0 Å². The Morgan fingerprint density at radius 2 is 2.16 bits per heavy atom. The van der Waals surface area contributed by atoms with Crippen LogP contribution in [-0.2, 0) is 17.8 Å². The van der Waals surface area contributed by atoms with E-state index in [0.717, 1.165) is 49.5 Å². The summed E-state index contributed by atoms with van der Waals surface area (Å²) in [5, 5.41) is 7.86. The number of hydrogen-bond acceptors (Lipinski definition) is 4. The molecule has 0 aliphatic rings. The molecule has 0 spiro atoms. The molecule has 0 atom stereocenters. The molecule has 0 aliphatic carbocycles. The summed E-state index contributed by atoms with van der Waals surface area (Å²) >= 11 is 3.63. The number of halogens is 1. The summed E-state index contributed by atoms with van der Waals surface area (Å²) < 4.78 is 8.20. The minimum atomic E-state index is 0.761. The molecule has 1 aromatic heterocycles. The van der Waals surface area contributed by atoms with Crippen molar-refractivity contribution in [3.63, 3.8) is 0 Å². The summed E-state index contributed by atoms with van der Waals surface area (Å²) in [6, 6.07) is 0. The van der Waals surface area contributed by atoms with E-state index >= 15 is 0 Å². The van der Waals surface area contributed by atoms with Crippen LogP contribution < -0.4 is 5.32 Å². The van der Waals surface area contributed by atoms with Gasteiger partial charge in [-0.3, -0.25) is 9.58 Å². The van der Waals surface area contributed by atoms with Gasteiger partial charge in [-0.15, -0.1) is 0 Å². The van der Waals surface area contributed by atoms with E-state index in [2.05, 4.69) is 49.9 Å². The summed E-state index contributed by atoms with van der Waals surface area (Å²) in [4.78, 5) is 2.30. The summed E-state index contributed by atoms with van der Waals surface area (Å²) in [5.41, 5.74) is 2.31. The zero-order chi connectivity index (χ0) is 14.3. The number of aromatic nitrogens is 2. The van der Waals surface area contributed by atoms with Crippen molar-refractivity contribution in [2.24, 2.45) is 0 Å². The second-order valence-corrected chi connectivity index (χ2v) is 5.44. The number of nitrogens with one attached hydrogen (secondary N) is 1. The third-order valence-electron chi connectivity index (χ3n) is 3.03. The number of nitrogens with zero attached hydrogens (tertiary/aromatic N) is 3. The lowest BCUT2D eigenvalue weighted by Gasteiger charge is -2.18. The molecule has 0 bridgehead atoms. The molecule has 0 saturated carbocycles. The minimum Gasteiger partial charge on any atom is -0.383 e. The van der Waals surface area contributed by atoms with E-state index < -0.39 is 0 Å². The monoisotopic (exact) mass is 332 g/mol. The summed E-state index contributed by atoms with van der Waals surface area (Å²) in [6.07, 6.45) is 0. The first-order valence-electron chi connectivity index (χ1n) is 6.70. The predicted octanol–water partition coefficient (Wildman–Crippen LogP) is 1.64. The molecule has 0 saturated heterocycles. The van der Waals surface area contributed by atoms with E-state index in [1.54, 1.807) is 7.11 Å². The largest absolute Gasteiger partial charge is 0.383 e.